The van der Waals surface area contributed by atoms with Gasteiger partial charge in [-0.1, -0.05) is 6.07 Å². The molecule has 1 aromatic heterocycles. The van der Waals surface area contributed by atoms with Gasteiger partial charge < -0.3 is 19.9 Å². The number of amides is 1. The van der Waals surface area contributed by atoms with Crippen molar-refractivity contribution in [3.63, 3.8) is 0 Å². The third-order valence-electron chi connectivity index (χ3n) is 6.60. The summed E-state index contributed by atoms with van der Waals surface area (Å²) in [5.74, 6) is 0.686. The Morgan fingerprint density at radius 2 is 1.88 bits per heavy atom. The van der Waals surface area contributed by atoms with Crippen LogP contribution in [0.2, 0.25) is 0 Å². The van der Waals surface area contributed by atoms with E-state index in [1.165, 1.54) is 0 Å². The number of methoxy groups -OCH3 is 1. The second-order valence-electron chi connectivity index (χ2n) is 9.24. The highest BCUT2D eigenvalue weighted by Crippen LogP contribution is 2.29. The number of aryl methyl sites for hydroxylation is 2. The Bertz CT molecular complexity index is 1160. The highest BCUT2D eigenvalue weighted by atomic mass is 16.5. The monoisotopic (exact) mass is 461 g/mol. The minimum atomic E-state index is -0.187. The van der Waals surface area contributed by atoms with Crippen molar-refractivity contribution in [2.75, 3.05) is 45.2 Å². The van der Waals surface area contributed by atoms with Gasteiger partial charge in [-0.05, 0) is 80.9 Å². The van der Waals surface area contributed by atoms with Crippen molar-refractivity contribution in [3.8, 4) is 16.9 Å². The standard InChI is InChI=1S/C27H35N5O2/c1-19-7-8-24(32-10-6-9-30(3)11-12-32)16-26(19)27(33)29-20(2)21-13-22(15-25(14-21)34-5)23-17-28-31(4)18-23/h7-8,13-18,20H,6,9-12H2,1-5H3,(H,29,33)/t20-/m1/s1. The van der Waals surface area contributed by atoms with E-state index in [0.29, 0.717) is 0 Å². The molecule has 1 amide bonds. The fourth-order valence-corrected chi connectivity index (χ4v) is 4.44. The molecule has 0 saturated carbocycles. The van der Waals surface area contributed by atoms with Gasteiger partial charge in [-0.3, -0.25) is 9.48 Å². The topological polar surface area (TPSA) is 62.6 Å². The lowest BCUT2D eigenvalue weighted by Crippen LogP contribution is -2.30. The first-order valence-electron chi connectivity index (χ1n) is 11.9. The molecule has 0 aliphatic carbocycles. The first-order valence-corrected chi connectivity index (χ1v) is 11.9. The Morgan fingerprint density at radius 1 is 1.06 bits per heavy atom. The summed E-state index contributed by atoms with van der Waals surface area (Å²) in [7, 11) is 5.72. The van der Waals surface area contributed by atoms with Gasteiger partial charge in [-0.2, -0.15) is 5.10 Å². The molecule has 2 heterocycles. The van der Waals surface area contributed by atoms with Crippen LogP contribution in [0.5, 0.6) is 5.75 Å². The van der Waals surface area contributed by atoms with Gasteiger partial charge in [0.1, 0.15) is 5.75 Å². The van der Waals surface area contributed by atoms with Gasteiger partial charge in [0.05, 0.1) is 19.3 Å². The second kappa shape index (κ2) is 10.3. The van der Waals surface area contributed by atoms with Crippen molar-refractivity contribution in [2.24, 2.45) is 7.05 Å². The molecule has 2 aromatic carbocycles. The van der Waals surface area contributed by atoms with Gasteiger partial charge in [-0.25, -0.2) is 0 Å². The molecule has 180 valence electrons. The van der Waals surface area contributed by atoms with E-state index >= 15 is 0 Å². The van der Waals surface area contributed by atoms with Crippen LogP contribution in [0.4, 0.5) is 5.69 Å². The number of anilines is 1. The Labute approximate surface area is 202 Å². The molecule has 0 bridgehead atoms. The first kappa shape index (κ1) is 23.8. The SMILES string of the molecule is COc1cc(-c2cnn(C)c2)cc([C@@H](C)NC(=O)c2cc(N3CCCN(C)CC3)ccc2C)c1. The lowest BCUT2D eigenvalue weighted by atomic mass is 10.0. The molecule has 1 N–H and O–H groups in total. The minimum absolute atomic E-state index is 0.0652. The number of aromatic nitrogens is 2. The molecule has 0 spiro atoms. The summed E-state index contributed by atoms with van der Waals surface area (Å²) in [6, 6.07) is 12.1. The van der Waals surface area contributed by atoms with Gasteiger partial charge in [-0.15, -0.1) is 0 Å². The number of ether oxygens (including phenoxy) is 1. The summed E-state index contributed by atoms with van der Waals surface area (Å²) in [6.07, 6.45) is 4.92. The van der Waals surface area contributed by atoms with Crippen molar-refractivity contribution in [1.82, 2.24) is 20.0 Å². The number of hydrogen-bond donors (Lipinski definition) is 1. The molecule has 1 aliphatic rings. The van der Waals surface area contributed by atoms with Crippen molar-refractivity contribution < 1.29 is 9.53 Å². The Kier molecular flexibility index (Phi) is 7.22. The van der Waals surface area contributed by atoms with Gasteiger partial charge in [0.2, 0.25) is 0 Å². The molecule has 0 radical (unpaired) electrons. The molecule has 1 atom stereocenters. The van der Waals surface area contributed by atoms with Crippen LogP contribution in [0.25, 0.3) is 11.1 Å². The van der Waals surface area contributed by atoms with Gasteiger partial charge >= 0.3 is 0 Å². The summed E-state index contributed by atoms with van der Waals surface area (Å²) in [4.78, 5) is 18.1. The maximum absolute atomic E-state index is 13.3. The first-order chi connectivity index (χ1) is 16.3. The number of hydrogen-bond acceptors (Lipinski definition) is 5. The van der Waals surface area contributed by atoms with E-state index in [0.717, 1.165) is 71.9 Å². The molecule has 34 heavy (non-hydrogen) atoms. The normalized spacial score (nSPS) is 15.6. The van der Waals surface area contributed by atoms with Gasteiger partial charge in [0.25, 0.3) is 5.91 Å². The maximum Gasteiger partial charge on any atom is 0.252 e. The largest absolute Gasteiger partial charge is 0.497 e. The Morgan fingerprint density at radius 3 is 2.62 bits per heavy atom. The number of rotatable bonds is 6. The molecule has 1 saturated heterocycles. The van der Waals surface area contributed by atoms with Gasteiger partial charge in [0, 0.05) is 49.7 Å². The van der Waals surface area contributed by atoms with Crippen LogP contribution < -0.4 is 15.0 Å². The zero-order valence-corrected chi connectivity index (χ0v) is 20.8. The van der Waals surface area contributed by atoms with Crippen LogP contribution >= 0.6 is 0 Å². The van der Waals surface area contributed by atoms with Crippen LogP contribution in [0, 0.1) is 6.92 Å². The lowest BCUT2D eigenvalue weighted by molar-refractivity contribution is 0.0939. The van der Waals surface area contributed by atoms with E-state index in [1.54, 1.807) is 11.8 Å². The number of nitrogens with one attached hydrogen (secondary N) is 1. The third kappa shape index (κ3) is 5.42. The average molecular weight is 462 g/mol. The van der Waals surface area contributed by atoms with Crippen LogP contribution in [0.3, 0.4) is 0 Å². The number of benzene rings is 2. The van der Waals surface area contributed by atoms with E-state index in [1.807, 2.05) is 51.5 Å². The van der Waals surface area contributed by atoms with Crippen LogP contribution in [-0.2, 0) is 7.05 Å². The molecule has 4 rings (SSSR count). The zero-order valence-electron chi connectivity index (χ0n) is 20.8. The summed E-state index contributed by atoms with van der Waals surface area (Å²) >= 11 is 0. The third-order valence-corrected chi connectivity index (χ3v) is 6.60. The molecule has 7 heteroatoms. The smallest absolute Gasteiger partial charge is 0.252 e. The summed E-state index contributed by atoms with van der Waals surface area (Å²) in [6.45, 7) is 8.11. The summed E-state index contributed by atoms with van der Waals surface area (Å²) in [5, 5.41) is 7.47. The van der Waals surface area contributed by atoms with Gasteiger partial charge in [0.15, 0.2) is 0 Å². The van der Waals surface area contributed by atoms with Crippen molar-refractivity contribution in [1.29, 1.82) is 0 Å². The molecule has 3 aromatic rings. The van der Waals surface area contributed by atoms with E-state index in [2.05, 4.69) is 45.5 Å². The Balaban J connectivity index is 1.54. The van der Waals surface area contributed by atoms with Crippen molar-refractivity contribution in [3.05, 3.63) is 65.5 Å². The van der Waals surface area contributed by atoms with Crippen LogP contribution in [-0.4, -0.2) is 60.9 Å². The fourth-order valence-electron chi connectivity index (χ4n) is 4.44. The highest BCUT2D eigenvalue weighted by molar-refractivity contribution is 5.97. The lowest BCUT2D eigenvalue weighted by Gasteiger charge is -2.24. The predicted molar refractivity (Wildman–Crippen MR) is 137 cm³/mol. The summed E-state index contributed by atoms with van der Waals surface area (Å²) < 4.78 is 7.31. The fraction of sp³-hybridized carbons (Fsp3) is 0.407. The number of carbonyl (C=O) groups excluding carboxylic acids is 1. The van der Waals surface area contributed by atoms with E-state index in [9.17, 15) is 4.79 Å². The van der Waals surface area contributed by atoms with Crippen LogP contribution in [0.15, 0.2) is 48.8 Å². The molecule has 1 aliphatic heterocycles. The average Bonchev–Trinajstić information content (AvgIpc) is 3.15. The summed E-state index contributed by atoms with van der Waals surface area (Å²) in [5.41, 5.74) is 5.80. The van der Waals surface area contributed by atoms with E-state index < -0.39 is 0 Å². The van der Waals surface area contributed by atoms with Crippen molar-refractivity contribution in [2.45, 2.75) is 26.3 Å². The highest BCUT2D eigenvalue weighted by Gasteiger charge is 2.18. The number of carbonyl (C=O) groups is 1. The maximum atomic E-state index is 13.3. The van der Waals surface area contributed by atoms with Crippen LogP contribution in [0.1, 0.15) is 40.9 Å². The molecule has 1 fully saturated rings. The molecular weight excluding hydrogens is 426 g/mol. The predicted octanol–water partition coefficient (Wildman–Crippen LogP) is 4.04. The number of nitrogens with zero attached hydrogens (tertiary/aromatic N) is 4. The zero-order chi connectivity index (χ0) is 24.2. The van der Waals surface area contributed by atoms with E-state index in [4.69, 9.17) is 4.74 Å². The number of likely N-dealkylation sites (N-methyl/N-ethyl adjacent to an activating group) is 1. The Hall–Kier alpha value is -3.32. The quantitative estimate of drug-likeness (QED) is 0.600. The molecular formula is C27H35N5O2. The van der Waals surface area contributed by atoms with Crippen molar-refractivity contribution >= 4 is 11.6 Å². The van der Waals surface area contributed by atoms with E-state index in [-0.39, 0.29) is 11.9 Å². The molecule has 0 unspecified atom stereocenters. The molecule has 7 nitrogen and oxygen atoms in total. The minimum Gasteiger partial charge on any atom is -0.497 e. The second-order valence-corrected chi connectivity index (χ2v) is 9.24.